The van der Waals surface area contributed by atoms with Gasteiger partial charge in [-0.05, 0) is 56.2 Å². The molecule has 6 aliphatic rings. The summed E-state index contributed by atoms with van der Waals surface area (Å²) in [6.07, 6.45) is 0.948. The number of hydrogen-bond donors (Lipinski definition) is 2. The Labute approximate surface area is 246 Å². The second-order valence-corrected chi connectivity index (χ2v) is 12.3. The zero-order chi connectivity index (χ0) is 31.3. The molecule has 7 heterocycles. The molecule has 4 atom stereocenters. The Morgan fingerprint density at radius 1 is 1.19 bits per heavy atom. The van der Waals surface area contributed by atoms with Crippen molar-refractivity contribution < 1.29 is 27.1 Å². The molecule has 2 bridgehead atoms. The van der Waals surface area contributed by atoms with Crippen LogP contribution in [0.2, 0.25) is 0 Å². The van der Waals surface area contributed by atoms with Crippen molar-refractivity contribution in [2.45, 2.75) is 68.8 Å². The molecule has 8 nitrogen and oxygen atoms in total. The summed E-state index contributed by atoms with van der Waals surface area (Å²) in [5.41, 5.74) is 0.462. The summed E-state index contributed by atoms with van der Waals surface area (Å²) >= 11 is 0. The molecule has 0 spiro atoms. The number of halogens is 3. The number of piperidine rings is 2. The van der Waals surface area contributed by atoms with Gasteiger partial charge in [0.2, 0.25) is 0 Å². The van der Waals surface area contributed by atoms with E-state index in [-0.39, 0.29) is 42.7 Å². The molecule has 5 saturated heterocycles. The highest BCUT2D eigenvalue weighted by Gasteiger charge is 2.49. The lowest BCUT2D eigenvalue weighted by Gasteiger charge is -2.47. The first kappa shape index (κ1) is 23.2. The first-order chi connectivity index (χ1) is 21.4. The topological polar surface area (TPSA) is 77.0 Å². The van der Waals surface area contributed by atoms with Gasteiger partial charge in [0.1, 0.15) is 24.3 Å². The van der Waals surface area contributed by atoms with E-state index in [0.29, 0.717) is 61.0 Å². The fraction of sp³-hybridized carbons (Fsp3) is 0.548. The predicted octanol–water partition coefficient (Wildman–Crippen LogP) is 4.07. The van der Waals surface area contributed by atoms with E-state index in [0.717, 1.165) is 37.6 Å². The lowest BCUT2D eigenvalue weighted by atomic mass is 9.92. The zero-order valence-electron chi connectivity index (χ0n) is 26.2. The maximum absolute atomic E-state index is 15.2. The highest BCUT2D eigenvalue weighted by atomic mass is 19.2. The highest BCUT2D eigenvalue weighted by molar-refractivity contribution is 5.96. The summed E-state index contributed by atoms with van der Waals surface area (Å²) < 4.78 is 76.7. The predicted molar refractivity (Wildman–Crippen MR) is 153 cm³/mol. The van der Waals surface area contributed by atoms with Crippen LogP contribution in [0.15, 0.2) is 24.3 Å². The number of aromatic hydroxyl groups is 1. The molecule has 3 aromatic rings. The van der Waals surface area contributed by atoms with Gasteiger partial charge in [-0.2, -0.15) is 9.97 Å². The van der Waals surface area contributed by atoms with E-state index in [1.165, 1.54) is 18.2 Å². The Kier molecular flexibility index (Phi) is 5.45. The first-order valence-corrected chi connectivity index (χ1v) is 14.8. The summed E-state index contributed by atoms with van der Waals surface area (Å²) in [4.78, 5) is 15.3. The van der Waals surface area contributed by atoms with Crippen LogP contribution in [0, 0.1) is 11.6 Å². The van der Waals surface area contributed by atoms with Crippen LogP contribution in [0.4, 0.5) is 24.7 Å². The number of ether oxygens (including phenoxy) is 1. The quantitative estimate of drug-likeness (QED) is 0.466. The molecule has 2 aromatic carbocycles. The maximum atomic E-state index is 15.2. The van der Waals surface area contributed by atoms with Gasteiger partial charge in [-0.3, -0.25) is 4.90 Å². The molecule has 0 saturated carbocycles. The van der Waals surface area contributed by atoms with E-state index < -0.39 is 29.9 Å². The summed E-state index contributed by atoms with van der Waals surface area (Å²) in [6.45, 7) is 0.0374. The van der Waals surface area contributed by atoms with Gasteiger partial charge in [0.25, 0.3) is 0 Å². The SMILES string of the molecule is [2H]C([2H])(Oc1nc2c(c(N3CC4CCC3CN4)n1)CCN(c1cc(O)cc3ccc(F)c(F)c13)C2)[C@@]12CCCN1C[C@]([2H])(F)C2. The third kappa shape index (κ3) is 4.26. The molecule has 0 radical (unpaired) electrons. The number of phenolic OH excluding ortho intramolecular Hbond substituents is 1. The van der Waals surface area contributed by atoms with Gasteiger partial charge in [0.15, 0.2) is 11.6 Å². The summed E-state index contributed by atoms with van der Waals surface area (Å²) in [6, 6.07) is 5.59. The van der Waals surface area contributed by atoms with Crippen molar-refractivity contribution in [3.05, 3.63) is 47.2 Å². The number of anilines is 2. The average Bonchev–Trinajstić information content (AvgIpc) is 3.52. The molecule has 1 aromatic heterocycles. The molecular formula is C31H35F3N6O2. The molecule has 2 unspecified atom stereocenters. The number of piperazine rings is 1. The van der Waals surface area contributed by atoms with Crippen molar-refractivity contribution in [3.8, 4) is 11.8 Å². The number of nitrogens with one attached hydrogen (secondary N) is 1. The standard InChI is InChI=1S/C31H35F3N6O2/c32-19-12-31(7-1-8-39(31)14-19)17-42-30-36-25-16-38(26-11-22(41)10-18-2-5-24(33)28(34)27(18)26)9-6-23(25)29(37-30)40-15-20-3-4-21(40)13-35-20/h2,5,10-11,19-21,35,41H,1,3-4,6-9,12-17H2/t19-,20?,21?,31+/m1/s1/i17D2,19D. The fourth-order valence-electron chi connectivity index (χ4n) is 7.69. The van der Waals surface area contributed by atoms with E-state index in [4.69, 9.17) is 18.8 Å². The Morgan fingerprint density at radius 2 is 2.10 bits per heavy atom. The van der Waals surface area contributed by atoms with E-state index in [9.17, 15) is 13.9 Å². The first-order valence-electron chi connectivity index (χ1n) is 16.3. The minimum absolute atomic E-state index is 0.0597. The monoisotopic (exact) mass is 583 g/mol. The largest absolute Gasteiger partial charge is 0.508 e. The van der Waals surface area contributed by atoms with Crippen LogP contribution in [0.1, 0.15) is 47.5 Å². The van der Waals surface area contributed by atoms with Crippen LogP contribution < -0.4 is 19.9 Å². The second-order valence-electron chi connectivity index (χ2n) is 12.3. The maximum Gasteiger partial charge on any atom is 0.318 e. The van der Waals surface area contributed by atoms with Gasteiger partial charge >= 0.3 is 6.01 Å². The molecular weight excluding hydrogens is 545 g/mol. The number of benzene rings is 2. The smallest absolute Gasteiger partial charge is 0.318 e. The molecule has 5 fully saturated rings. The summed E-state index contributed by atoms with van der Waals surface area (Å²) in [5, 5.41) is 14.4. The highest BCUT2D eigenvalue weighted by Crippen LogP contribution is 2.42. The summed E-state index contributed by atoms with van der Waals surface area (Å²) in [7, 11) is 0. The zero-order valence-corrected chi connectivity index (χ0v) is 23.2. The molecule has 11 heteroatoms. The Morgan fingerprint density at radius 3 is 2.90 bits per heavy atom. The number of nitrogens with zero attached hydrogens (tertiary/aromatic N) is 5. The molecule has 2 N–H and O–H groups in total. The van der Waals surface area contributed by atoms with Gasteiger partial charge < -0.3 is 25.0 Å². The second kappa shape index (κ2) is 9.87. The van der Waals surface area contributed by atoms with Crippen molar-refractivity contribution >= 4 is 22.3 Å². The van der Waals surface area contributed by atoms with E-state index in [1.807, 2.05) is 4.90 Å². The average molecular weight is 584 g/mol. The number of fused-ring (bicyclic) bond motifs is 6. The molecule has 9 rings (SSSR count). The van der Waals surface area contributed by atoms with Gasteiger partial charge in [-0.25, -0.2) is 13.2 Å². The van der Waals surface area contributed by atoms with Crippen molar-refractivity contribution in [3.63, 3.8) is 0 Å². The fourth-order valence-corrected chi connectivity index (χ4v) is 7.69. The van der Waals surface area contributed by atoms with Crippen LogP contribution in [0.3, 0.4) is 0 Å². The molecule has 42 heavy (non-hydrogen) atoms. The number of aromatic nitrogens is 2. The minimum atomic E-state index is -2.39. The van der Waals surface area contributed by atoms with E-state index in [2.05, 4.69) is 10.2 Å². The third-order valence-corrected chi connectivity index (χ3v) is 9.76. The lowest BCUT2D eigenvalue weighted by molar-refractivity contribution is 0.107. The molecule has 0 aliphatic carbocycles. The van der Waals surface area contributed by atoms with Gasteiger partial charge in [0.05, 0.1) is 27.6 Å². The number of hydrogen-bond acceptors (Lipinski definition) is 8. The third-order valence-electron chi connectivity index (χ3n) is 9.76. The van der Waals surface area contributed by atoms with Crippen LogP contribution in [-0.4, -0.2) is 83.0 Å². The Bertz CT molecular complexity index is 1690. The Hall–Kier alpha value is -3.31. The van der Waals surface area contributed by atoms with Crippen LogP contribution >= 0.6 is 0 Å². The minimum Gasteiger partial charge on any atom is -0.508 e. The number of rotatable bonds is 5. The van der Waals surface area contributed by atoms with Gasteiger partial charge in [0, 0.05) is 61.7 Å². The van der Waals surface area contributed by atoms with Gasteiger partial charge in [-0.1, -0.05) is 6.07 Å². The van der Waals surface area contributed by atoms with E-state index in [1.54, 1.807) is 4.90 Å². The van der Waals surface area contributed by atoms with Crippen molar-refractivity contribution in [1.82, 2.24) is 20.2 Å². The van der Waals surface area contributed by atoms with Crippen LogP contribution in [-0.2, 0) is 13.0 Å². The normalized spacial score (nSPS) is 32.0. The van der Waals surface area contributed by atoms with E-state index >= 15 is 4.39 Å². The van der Waals surface area contributed by atoms with Crippen LogP contribution in [0.25, 0.3) is 10.8 Å². The van der Waals surface area contributed by atoms with Gasteiger partial charge in [-0.15, -0.1) is 0 Å². The summed E-state index contributed by atoms with van der Waals surface area (Å²) in [5.74, 6) is -1.39. The van der Waals surface area contributed by atoms with Crippen LogP contribution in [0.5, 0.6) is 11.8 Å². The van der Waals surface area contributed by atoms with Crippen molar-refractivity contribution in [2.75, 3.05) is 49.1 Å². The Balaban J connectivity index is 1.20. The molecule has 222 valence electrons. The lowest BCUT2D eigenvalue weighted by Crippen LogP contribution is -2.61. The molecule has 6 aliphatic heterocycles. The van der Waals surface area contributed by atoms with Crippen molar-refractivity contribution in [1.29, 1.82) is 0 Å². The number of phenols is 1. The number of alkyl halides is 1. The van der Waals surface area contributed by atoms with Crippen molar-refractivity contribution in [2.24, 2.45) is 0 Å². The molecule has 0 amide bonds.